The highest BCUT2D eigenvalue weighted by atomic mass is 16.2. The molecule has 0 spiro atoms. The topological polar surface area (TPSA) is 111 Å². The number of ketones is 1. The molecule has 0 saturated carbocycles. The van der Waals surface area contributed by atoms with Crippen molar-refractivity contribution in [1.29, 1.82) is 5.26 Å². The number of hydrogen-bond acceptors (Lipinski definition) is 5. The number of rotatable bonds is 6. The zero-order chi connectivity index (χ0) is 22.5. The first-order valence-corrected chi connectivity index (χ1v) is 9.78. The summed E-state index contributed by atoms with van der Waals surface area (Å²) in [6.45, 7) is 3.64. The molecule has 2 N–H and O–H groups in total. The van der Waals surface area contributed by atoms with Crippen LogP contribution >= 0.6 is 0 Å². The van der Waals surface area contributed by atoms with Crippen molar-refractivity contribution in [2.45, 2.75) is 26.9 Å². The van der Waals surface area contributed by atoms with Crippen LogP contribution in [0.1, 0.15) is 34.0 Å². The summed E-state index contributed by atoms with van der Waals surface area (Å²) in [5, 5.41) is 9.62. The average Bonchev–Trinajstić information content (AvgIpc) is 2.77. The van der Waals surface area contributed by atoms with Crippen LogP contribution in [-0.2, 0) is 13.1 Å². The number of carbonyl (C=O) groups is 1. The van der Waals surface area contributed by atoms with E-state index in [0.29, 0.717) is 5.56 Å². The molecule has 0 atom stereocenters. The summed E-state index contributed by atoms with van der Waals surface area (Å²) < 4.78 is 2.14. The van der Waals surface area contributed by atoms with Crippen molar-refractivity contribution in [3.63, 3.8) is 0 Å². The van der Waals surface area contributed by atoms with Gasteiger partial charge >= 0.3 is 5.69 Å². The maximum absolute atomic E-state index is 13.2. The van der Waals surface area contributed by atoms with Crippen LogP contribution in [0.3, 0.4) is 0 Å². The normalized spacial score (nSPS) is 11.2. The number of nitriles is 1. The van der Waals surface area contributed by atoms with Gasteiger partial charge in [0.15, 0.2) is 0 Å². The number of nitrogen functional groups attached to an aromatic ring is 1. The Morgan fingerprint density at radius 1 is 1.06 bits per heavy atom. The van der Waals surface area contributed by atoms with E-state index in [1.165, 1.54) is 10.6 Å². The predicted octanol–water partition coefficient (Wildman–Crippen LogP) is 2.76. The van der Waals surface area contributed by atoms with E-state index in [0.717, 1.165) is 15.7 Å². The lowest BCUT2D eigenvalue weighted by Crippen LogP contribution is -2.44. The van der Waals surface area contributed by atoms with Crippen molar-refractivity contribution in [3.8, 4) is 6.07 Å². The molecule has 156 valence electrons. The molecule has 0 fully saturated rings. The molecule has 31 heavy (non-hydrogen) atoms. The Labute approximate surface area is 179 Å². The van der Waals surface area contributed by atoms with Crippen molar-refractivity contribution in [1.82, 2.24) is 9.13 Å². The van der Waals surface area contributed by atoms with Crippen LogP contribution in [0.5, 0.6) is 0 Å². The fourth-order valence-electron chi connectivity index (χ4n) is 3.31. The van der Waals surface area contributed by atoms with Gasteiger partial charge in [0.25, 0.3) is 5.56 Å². The van der Waals surface area contributed by atoms with Crippen molar-refractivity contribution >= 4 is 17.7 Å². The van der Waals surface area contributed by atoms with Gasteiger partial charge in [0.2, 0.25) is 5.78 Å². The predicted molar refractivity (Wildman–Crippen MR) is 120 cm³/mol. The zero-order valence-corrected chi connectivity index (χ0v) is 17.3. The molecule has 0 radical (unpaired) electrons. The molecule has 0 aliphatic rings. The van der Waals surface area contributed by atoms with Gasteiger partial charge in [-0.25, -0.2) is 4.79 Å². The van der Waals surface area contributed by atoms with E-state index in [4.69, 9.17) is 5.73 Å². The molecule has 0 aliphatic heterocycles. The summed E-state index contributed by atoms with van der Waals surface area (Å²) in [6, 6.07) is 18.2. The number of nitrogens with zero attached hydrogens (tertiary/aromatic N) is 3. The van der Waals surface area contributed by atoms with E-state index < -0.39 is 17.0 Å². The molecule has 1 aromatic heterocycles. The lowest BCUT2D eigenvalue weighted by molar-refractivity contribution is 0.103. The van der Waals surface area contributed by atoms with Gasteiger partial charge in [-0.1, -0.05) is 54.6 Å². The van der Waals surface area contributed by atoms with Crippen LogP contribution in [0, 0.1) is 18.3 Å². The molecule has 1 heterocycles. The maximum Gasteiger partial charge on any atom is 0.332 e. The summed E-state index contributed by atoms with van der Waals surface area (Å²) in [6.07, 6.45) is 1.43. The van der Waals surface area contributed by atoms with Gasteiger partial charge in [0.05, 0.1) is 6.54 Å². The Morgan fingerprint density at radius 3 is 2.32 bits per heavy atom. The molecular weight excluding hydrogens is 392 g/mol. The van der Waals surface area contributed by atoms with Crippen LogP contribution in [0.4, 0.5) is 5.82 Å². The summed E-state index contributed by atoms with van der Waals surface area (Å²) in [5.41, 5.74) is 6.49. The van der Waals surface area contributed by atoms with Gasteiger partial charge in [-0.2, -0.15) is 5.26 Å². The minimum absolute atomic E-state index is 0.0659. The first-order valence-electron chi connectivity index (χ1n) is 9.78. The first kappa shape index (κ1) is 21.5. The number of nitrogens with two attached hydrogens (primary N) is 1. The van der Waals surface area contributed by atoms with E-state index in [1.54, 1.807) is 19.1 Å². The van der Waals surface area contributed by atoms with E-state index in [1.807, 2.05) is 55.5 Å². The van der Waals surface area contributed by atoms with Crippen molar-refractivity contribution < 1.29 is 4.79 Å². The largest absolute Gasteiger partial charge is 0.384 e. The molecule has 3 rings (SSSR count). The number of hydrogen-bond donors (Lipinski definition) is 1. The lowest BCUT2D eigenvalue weighted by Gasteiger charge is -2.15. The molecule has 7 heteroatoms. The SMILES string of the molecule is CCn1c(=O)c(C(=O)/C(C#N)=C/c2ccccc2C)c(N)n(Cc2ccccc2)c1=O. The van der Waals surface area contributed by atoms with E-state index in [9.17, 15) is 19.6 Å². The number of aromatic nitrogens is 2. The number of benzene rings is 2. The second kappa shape index (κ2) is 9.09. The number of carbonyl (C=O) groups excluding carboxylic acids is 1. The molecule has 7 nitrogen and oxygen atoms in total. The van der Waals surface area contributed by atoms with Gasteiger partial charge in [-0.05, 0) is 36.6 Å². The second-order valence-corrected chi connectivity index (χ2v) is 7.02. The summed E-state index contributed by atoms with van der Waals surface area (Å²) >= 11 is 0. The standard InChI is InChI=1S/C24H22N4O3/c1-3-27-23(30)20(21(29)19(14-25)13-18-12-8-7-9-16(18)2)22(26)28(24(27)31)15-17-10-5-4-6-11-17/h4-13H,3,15,26H2,1-2H3/b19-13+. The molecule has 0 aliphatic carbocycles. The van der Waals surface area contributed by atoms with Gasteiger partial charge in [-0.3, -0.25) is 18.7 Å². The molecule has 0 saturated heterocycles. The third-order valence-electron chi connectivity index (χ3n) is 5.05. The number of Topliss-reactive ketones (excluding diaryl/α,β-unsaturated/α-hetero) is 1. The van der Waals surface area contributed by atoms with Gasteiger partial charge in [-0.15, -0.1) is 0 Å². The van der Waals surface area contributed by atoms with Crippen LogP contribution in [0.15, 0.2) is 69.8 Å². The highest BCUT2D eigenvalue weighted by Gasteiger charge is 2.25. The molecule has 2 aromatic carbocycles. The summed E-state index contributed by atoms with van der Waals surface area (Å²) in [7, 11) is 0. The summed E-state index contributed by atoms with van der Waals surface area (Å²) in [4.78, 5) is 39.0. The number of aryl methyl sites for hydroxylation is 1. The van der Waals surface area contributed by atoms with Crippen LogP contribution in [-0.4, -0.2) is 14.9 Å². The average molecular weight is 414 g/mol. The fraction of sp³-hybridized carbons (Fsp3) is 0.167. The summed E-state index contributed by atoms with van der Waals surface area (Å²) in [5.74, 6) is -1.06. The van der Waals surface area contributed by atoms with E-state index in [-0.39, 0.29) is 30.0 Å². The molecule has 0 unspecified atom stereocenters. The van der Waals surface area contributed by atoms with Gasteiger partial charge < -0.3 is 5.73 Å². The Kier molecular flexibility index (Phi) is 6.32. The Hall–Kier alpha value is -4.18. The number of anilines is 1. The van der Waals surface area contributed by atoms with Gasteiger partial charge in [0.1, 0.15) is 23.0 Å². The zero-order valence-electron chi connectivity index (χ0n) is 17.3. The fourth-order valence-corrected chi connectivity index (χ4v) is 3.31. The monoisotopic (exact) mass is 414 g/mol. The Morgan fingerprint density at radius 2 is 1.71 bits per heavy atom. The van der Waals surface area contributed by atoms with E-state index in [2.05, 4.69) is 0 Å². The molecule has 3 aromatic rings. The van der Waals surface area contributed by atoms with Crippen LogP contribution in [0.25, 0.3) is 6.08 Å². The van der Waals surface area contributed by atoms with Crippen LogP contribution < -0.4 is 17.0 Å². The number of allylic oxidation sites excluding steroid dienone is 1. The van der Waals surface area contributed by atoms with Crippen molar-refractivity contribution in [2.75, 3.05) is 5.73 Å². The Bertz CT molecular complexity index is 1330. The van der Waals surface area contributed by atoms with Crippen LogP contribution in [0.2, 0.25) is 0 Å². The first-order chi connectivity index (χ1) is 14.9. The minimum atomic E-state index is -0.808. The highest BCUT2D eigenvalue weighted by Crippen LogP contribution is 2.17. The third-order valence-corrected chi connectivity index (χ3v) is 5.05. The maximum atomic E-state index is 13.2. The molecule has 0 bridgehead atoms. The quantitative estimate of drug-likeness (QED) is 0.379. The second-order valence-electron chi connectivity index (χ2n) is 7.02. The van der Waals surface area contributed by atoms with E-state index >= 15 is 0 Å². The molecule has 0 amide bonds. The van der Waals surface area contributed by atoms with Crippen molar-refractivity contribution in [3.05, 3.63) is 103 Å². The third kappa shape index (κ3) is 4.23. The minimum Gasteiger partial charge on any atom is -0.384 e. The lowest BCUT2D eigenvalue weighted by atomic mass is 10.0. The Balaban J connectivity index is 2.20. The van der Waals surface area contributed by atoms with Crippen molar-refractivity contribution in [2.24, 2.45) is 0 Å². The van der Waals surface area contributed by atoms with Gasteiger partial charge in [0, 0.05) is 6.54 Å². The highest BCUT2D eigenvalue weighted by molar-refractivity contribution is 6.16. The molecular formula is C24H22N4O3. The smallest absolute Gasteiger partial charge is 0.332 e.